The molecule has 2 aromatic rings. The quantitative estimate of drug-likeness (QED) is 0.897. The summed E-state index contributed by atoms with van der Waals surface area (Å²) >= 11 is 3.36. The molecule has 0 saturated heterocycles. The molecule has 0 heterocycles. The van der Waals surface area contributed by atoms with Gasteiger partial charge in [-0.25, -0.2) is 0 Å². The average molecular weight is 317 g/mol. The average Bonchev–Trinajstić information content (AvgIpc) is 2.50. The fourth-order valence-corrected chi connectivity index (χ4v) is 2.05. The second-order valence-electron chi connectivity index (χ2n) is 4.11. The van der Waals surface area contributed by atoms with E-state index in [0.29, 0.717) is 6.54 Å². The first-order chi connectivity index (χ1) is 10.0. The maximum atomic E-state index is 9.10. The lowest BCUT2D eigenvalue weighted by atomic mass is 10.0. The second kappa shape index (κ2) is 7.08. The molecule has 96 valence electrons. The number of halogens is 1. The van der Waals surface area contributed by atoms with Crippen LogP contribution in [0.15, 0.2) is 59.1 Å². The van der Waals surface area contributed by atoms with Crippen molar-refractivity contribution in [3.63, 3.8) is 0 Å². The summed E-state index contributed by atoms with van der Waals surface area (Å²) in [5.41, 5.74) is 1.80. The zero-order valence-electron chi connectivity index (χ0n) is 12.3. The van der Waals surface area contributed by atoms with Crippen LogP contribution in [0.25, 0.3) is 0 Å². The molecular formula is C16H15BrN2. The SMILES string of the molecule is [2H]C([2H])(C#N)C(NCc1ccccc1)c1ccc(Br)cc1. The van der Waals surface area contributed by atoms with Gasteiger partial charge in [-0.3, -0.25) is 0 Å². The third-order valence-electron chi connectivity index (χ3n) is 2.77. The monoisotopic (exact) mass is 316 g/mol. The van der Waals surface area contributed by atoms with Crippen LogP contribution in [0.2, 0.25) is 0 Å². The molecule has 0 fully saturated rings. The Labute approximate surface area is 125 Å². The summed E-state index contributed by atoms with van der Waals surface area (Å²) < 4.78 is 16.8. The molecule has 2 aromatic carbocycles. The Balaban J connectivity index is 2.21. The summed E-state index contributed by atoms with van der Waals surface area (Å²) in [5.74, 6) is 0. The minimum absolute atomic E-state index is 0.503. The van der Waals surface area contributed by atoms with Gasteiger partial charge in [-0.05, 0) is 23.3 Å². The van der Waals surface area contributed by atoms with E-state index in [9.17, 15) is 0 Å². The molecule has 1 atom stereocenters. The van der Waals surface area contributed by atoms with Crippen molar-refractivity contribution in [3.8, 4) is 6.07 Å². The van der Waals surface area contributed by atoms with Gasteiger partial charge in [0, 0.05) is 19.8 Å². The van der Waals surface area contributed by atoms with Gasteiger partial charge in [0.15, 0.2) is 0 Å². The fraction of sp³-hybridized carbons (Fsp3) is 0.188. The van der Waals surface area contributed by atoms with Gasteiger partial charge < -0.3 is 5.32 Å². The lowest BCUT2D eigenvalue weighted by Gasteiger charge is -2.16. The zero-order chi connectivity index (χ0) is 15.3. The first kappa shape index (κ1) is 11.2. The van der Waals surface area contributed by atoms with Crippen LogP contribution in [0.4, 0.5) is 0 Å². The molecule has 19 heavy (non-hydrogen) atoms. The van der Waals surface area contributed by atoms with Crippen molar-refractivity contribution in [2.75, 3.05) is 0 Å². The van der Waals surface area contributed by atoms with Crippen LogP contribution < -0.4 is 5.32 Å². The van der Waals surface area contributed by atoms with Crippen LogP contribution in [0, 0.1) is 11.3 Å². The van der Waals surface area contributed by atoms with E-state index in [1.54, 1.807) is 6.07 Å². The minimum Gasteiger partial charge on any atom is -0.305 e. The molecule has 3 heteroatoms. The van der Waals surface area contributed by atoms with E-state index < -0.39 is 12.4 Å². The Morgan fingerprint density at radius 3 is 2.47 bits per heavy atom. The zero-order valence-corrected chi connectivity index (χ0v) is 11.9. The number of nitrogens with one attached hydrogen (secondary N) is 1. The standard InChI is InChI=1S/C16H15BrN2/c17-15-8-6-14(7-9-15)16(10-11-18)19-12-13-4-2-1-3-5-13/h1-9,16,19H,10,12H2/i10D2. The van der Waals surface area contributed by atoms with E-state index in [1.807, 2.05) is 54.6 Å². The van der Waals surface area contributed by atoms with Crippen molar-refractivity contribution in [2.45, 2.75) is 19.0 Å². The lowest BCUT2D eigenvalue weighted by molar-refractivity contribution is 0.542. The highest BCUT2D eigenvalue weighted by atomic mass is 79.9. The van der Waals surface area contributed by atoms with Gasteiger partial charge in [0.1, 0.15) is 0 Å². The highest BCUT2D eigenvalue weighted by molar-refractivity contribution is 9.10. The molecule has 0 radical (unpaired) electrons. The molecule has 1 unspecified atom stereocenters. The maximum Gasteiger partial charge on any atom is 0.0641 e. The van der Waals surface area contributed by atoms with Gasteiger partial charge >= 0.3 is 0 Å². The van der Waals surface area contributed by atoms with Crippen LogP contribution >= 0.6 is 15.9 Å². The number of rotatable bonds is 5. The Bertz CT molecular complexity index is 621. The molecule has 0 amide bonds. The van der Waals surface area contributed by atoms with Gasteiger partial charge in [0.25, 0.3) is 0 Å². The van der Waals surface area contributed by atoms with Gasteiger partial charge in [-0.15, -0.1) is 0 Å². The van der Waals surface area contributed by atoms with Crippen molar-refractivity contribution >= 4 is 15.9 Å². The van der Waals surface area contributed by atoms with Crippen molar-refractivity contribution in [2.24, 2.45) is 0 Å². The van der Waals surface area contributed by atoms with Gasteiger partial charge in [-0.2, -0.15) is 5.26 Å². The van der Waals surface area contributed by atoms with Crippen LogP contribution in [-0.4, -0.2) is 0 Å². The van der Waals surface area contributed by atoms with Gasteiger partial charge in [0.2, 0.25) is 0 Å². The van der Waals surface area contributed by atoms with Gasteiger partial charge in [0.05, 0.1) is 12.4 Å². The van der Waals surface area contributed by atoms with E-state index >= 15 is 0 Å². The molecule has 0 bridgehead atoms. The summed E-state index contributed by atoms with van der Waals surface area (Å²) in [7, 11) is 0. The maximum absolute atomic E-state index is 9.10. The predicted molar refractivity (Wildman–Crippen MR) is 80.4 cm³/mol. The topological polar surface area (TPSA) is 35.8 Å². The molecule has 0 aliphatic heterocycles. The molecule has 0 spiro atoms. The van der Waals surface area contributed by atoms with E-state index in [-0.39, 0.29) is 0 Å². The number of hydrogen-bond acceptors (Lipinski definition) is 2. The molecule has 1 N–H and O–H groups in total. The van der Waals surface area contributed by atoms with Crippen molar-refractivity contribution < 1.29 is 2.74 Å². The Hall–Kier alpha value is -1.63. The molecule has 0 aromatic heterocycles. The number of benzene rings is 2. The molecule has 0 aliphatic rings. The summed E-state index contributed by atoms with van der Waals surface area (Å²) in [6.45, 7) is 0.503. The van der Waals surface area contributed by atoms with E-state index in [0.717, 1.165) is 15.6 Å². The molecule has 0 saturated carbocycles. The van der Waals surface area contributed by atoms with E-state index in [1.165, 1.54) is 0 Å². The third-order valence-corrected chi connectivity index (χ3v) is 3.29. The second-order valence-corrected chi connectivity index (χ2v) is 5.02. The van der Waals surface area contributed by atoms with Crippen molar-refractivity contribution in [1.29, 1.82) is 5.26 Å². The van der Waals surface area contributed by atoms with E-state index in [4.69, 9.17) is 8.00 Å². The third kappa shape index (κ3) is 4.20. The Morgan fingerprint density at radius 1 is 1.16 bits per heavy atom. The highest BCUT2D eigenvalue weighted by Crippen LogP contribution is 2.19. The summed E-state index contributed by atoms with van der Waals surface area (Å²) in [4.78, 5) is 0. The Kier molecular flexibility index (Phi) is 4.18. The van der Waals surface area contributed by atoms with Crippen LogP contribution in [0.3, 0.4) is 0 Å². The first-order valence-electron chi connectivity index (χ1n) is 6.97. The molecule has 2 nitrogen and oxygen atoms in total. The molecule has 0 aliphatic carbocycles. The first-order valence-corrected chi connectivity index (χ1v) is 6.76. The molecular weight excluding hydrogens is 300 g/mol. The summed E-state index contributed by atoms with van der Waals surface area (Å²) in [6.07, 6.45) is -1.98. The number of nitriles is 1. The normalized spacial score (nSPS) is 14.1. The summed E-state index contributed by atoms with van der Waals surface area (Å²) in [5, 5.41) is 12.3. The lowest BCUT2D eigenvalue weighted by Crippen LogP contribution is -2.20. The van der Waals surface area contributed by atoms with Crippen LogP contribution in [0.1, 0.15) is 26.3 Å². The summed E-state index contributed by atoms with van der Waals surface area (Å²) in [6, 6.07) is 18.1. The number of nitrogens with zero attached hydrogens (tertiary/aromatic N) is 1. The van der Waals surface area contributed by atoms with E-state index in [2.05, 4.69) is 21.2 Å². The fourth-order valence-electron chi connectivity index (χ4n) is 1.79. The van der Waals surface area contributed by atoms with Crippen LogP contribution in [0.5, 0.6) is 0 Å². The van der Waals surface area contributed by atoms with Crippen molar-refractivity contribution in [1.82, 2.24) is 5.32 Å². The minimum atomic E-state index is -1.98. The smallest absolute Gasteiger partial charge is 0.0641 e. The van der Waals surface area contributed by atoms with Gasteiger partial charge in [-0.1, -0.05) is 58.4 Å². The number of hydrogen-bond donors (Lipinski definition) is 1. The van der Waals surface area contributed by atoms with Crippen molar-refractivity contribution in [3.05, 3.63) is 70.2 Å². The predicted octanol–water partition coefficient (Wildman–Crippen LogP) is 4.19. The molecule has 2 rings (SSSR count). The van der Waals surface area contributed by atoms with Crippen LogP contribution in [-0.2, 0) is 6.54 Å². The highest BCUT2D eigenvalue weighted by Gasteiger charge is 2.10. The Morgan fingerprint density at radius 2 is 1.84 bits per heavy atom. The largest absolute Gasteiger partial charge is 0.305 e.